The molecule has 0 aliphatic heterocycles. The quantitative estimate of drug-likeness (QED) is 0.0148. The zero-order valence-electron chi connectivity index (χ0n) is 37.4. The fraction of sp³-hybridized carbons (Fsp3) is 0.787. The molecule has 0 aromatic carbocycles. The van der Waals surface area contributed by atoms with Crippen molar-refractivity contribution in [3.63, 3.8) is 0 Å². The van der Waals surface area contributed by atoms with Crippen LogP contribution in [0.4, 0.5) is 0 Å². The molecule has 8 atom stereocenters. The number of rotatable bonds is 38. The number of esters is 2. The summed E-state index contributed by atoms with van der Waals surface area (Å²) in [5.74, 6) is -1.12. The molecule has 0 saturated heterocycles. The van der Waals surface area contributed by atoms with Crippen LogP contribution in [0.2, 0.25) is 0 Å². The molecule has 14 heteroatoms. The van der Waals surface area contributed by atoms with Crippen LogP contribution in [-0.4, -0.2) is 98.3 Å². The molecule has 354 valence electrons. The molecular weight excluding hydrogens is 803 g/mol. The van der Waals surface area contributed by atoms with Gasteiger partial charge in [0.1, 0.15) is 43.2 Å². The van der Waals surface area contributed by atoms with Crippen LogP contribution in [0.5, 0.6) is 0 Å². The van der Waals surface area contributed by atoms with Crippen LogP contribution in [-0.2, 0) is 32.7 Å². The van der Waals surface area contributed by atoms with Gasteiger partial charge < -0.3 is 39.9 Å². The second kappa shape index (κ2) is 37.2. The zero-order valence-corrected chi connectivity index (χ0v) is 38.3. The second-order valence-corrected chi connectivity index (χ2v) is 17.7. The number of aliphatic hydroxyl groups is 5. The number of phosphoric ester groups is 1. The van der Waals surface area contributed by atoms with Crippen molar-refractivity contribution in [3.05, 3.63) is 48.6 Å². The van der Waals surface area contributed by atoms with Gasteiger partial charge in [0.2, 0.25) is 0 Å². The summed E-state index contributed by atoms with van der Waals surface area (Å²) in [5.41, 5.74) is 0. The third-order valence-electron chi connectivity index (χ3n) is 10.8. The Morgan fingerprint density at radius 2 is 0.934 bits per heavy atom. The van der Waals surface area contributed by atoms with Gasteiger partial charge in [0.15, 0.2) is 6.10 Å². The minimum Gasteiger partial charge on any atom is -0.462 e. The van der Waals surface area contributed by atoms with Crippen LogP contribution in [0.25, 0.3) is 0 Å². The van der Waals surface area contributed by atoms with Gasteiger partial charge in [0, 0.05) is 12.8 Å². The van der Waals surface area contributed by atoms with Gasteiger partial charge in [-0.05, 0) is 32.1 Å². The summed E-state index contributed by atoms with van der Waals surface area (Å²) in [6.45, 7) is 3.15. The molecule has 6 unspecified atom stereocenters. The first-order valence-electron chi connectivity index (χ1n) is 23.5. The summed E-state index contributed by atoms with van der Waals surface area (Å²) >= 11 is 0. The summed E-state index contributed by atoms with van der Waals surface area (Å²) in [5, 5.41) is 50.1. The van der Waals surface area contributed by atoms with Gasteiger partial charge >= 0.3 is 19.8 Å². The molecule has 1 rings (SSSR count). The van der Waals surface area contributed by atoms with E-state index in [9.17, 15) is 44.6 Å². The number of phosphoric acid groups is 1. The van der Waals surface area contributed by atoms with E-state index < -0.39 is 75.7 Å². The highest BCUT2D eigenvalue weighted by molar-refractivity contribution is 7.47. The Balaban J connectivity index is 2.45. The number of aliphatic hydroxyl groups excluding tert-OH is 5. The van der Waals surface area contributed by atoms with Crippen LogP contribution >= 0.6 is 7.82 Å². The van der Waals surface area contributed by atoms with Crippen molar-refractivity contribution in [2.75, 3.05) is 13.2 Å². The van der Waals surface area contributed by atoms with Gasteiger partial charge in [-0.15, -0.1) is 0 Å². The highest BCUT2D eigenvalue weighted by Gasteiger charge is 2.51. The topological polar surface area (TPSA) is 210 Å². The lowest BCUT2D eigenvalue weighted by Crippen LogP contribution is -2.64. The van der Waals surface area contributed by atoms with E-state index in [0.717, 1.165) is 57.8 Å². The predicted molar refractivity (Wildman–Crippen MR) is 239 cm³/mol. The van der Waals surface area contributed by atoms with Crippen molar-refractivity contribution in [1.29, 1.82) is 0 Å². The third-order valence-corrected chi connectivity index (χ3v) is 11.8. The maximum atomic E-state index is 12.8. The number of hydrogen-bond acceptors (Lipinski definition) is 12. The normalized spacial score (nSPS) is 22.4. The van der Waals surface area contributed by atoms with Crippen LogP contribution in [0.1, 0.15) is 181 Å². The van der Waals surface area contributed by atoms with Crippen LogP contribution in [0.15, 0.2) is 48.6 Å². The van der Waals surface area contributed by atoms with Gasteiger partial charge in [-0.2, -0.15) is 0 Å². The van der Waals surface area contributed by atoms with Gasteiger partial charge in [-0.1, -0.05) is 184 Å². The molecule has 1 saturated carbocycles. The van der Waals surface area contributed by atoms with Crippen LogP contribution in [0.3, 0.4) is 0 Å². The molecule has 1 fully saturated rings. The Hall–Kier alpha value is -2.19. The van der Waals surface area contributed by atoms with E-state index in [1.54, 1.807) is 0 Å². The fourth-order valence-electron chi connectivity index (χ4n) is 7.00. The molecule has 13 nitrogen and oxygen atoms in total. The van der Waals surface area contributed by atoms with Crippen molar-refractivity contribution in [1.82, 2.24) is 0 Å². The molecule has 1 aliphatic rings. The maximum absolute atomic E-state index is 12.8. The van der Waals surface area contributed by atoms with Crippen molar-refractivity contribution in [2.45, 2.75) is 224 Å². The SMILES string of the molecule is CC/C=C/C=C/C=C/C=C/CCCCCCCC(=O)O[C@@H](COC(=O)CCCCCCCCCCCCCCCCCCC)COP(=O)(O)OC1C(O)C(O)C(O)[C@H](O)C1O. The molecule has 0 bridgehead atoms. The molecule has 0 aromatic rings. The first-order valence-corrected chi connectivity index (χ1v) is 25.0. The number of unbranched alkanes of at least 4 members (excludes halogenated alkanes) is 21. The van der Waals surface area contributed by atoms with E-state index in [0.29, 0.717) is 12.8 Å². The van der Waals surface area contributed by atoms with Crippen molar-refractivity contribution >= 4 is 19.8 Å². The van der Waals surface area contributed by atoms with E-state index >= 15 is 0 Å². The predicted octanol–water partition coefficient (Wildman–Crippen LogP) is 9.17. The Labute approximate surface area is 367 Å². The lowest BCUT2D eigenvalue weighted by molar-refractivity contribution is -0.220. The van der Waals surface area contributed by atoms with Gasteiger partial charge in [-0.25, -0.2) is 4.57 Å². The smallest absolute Gasteiger partial charge is 0.462 e. The summed E-state index contributed by atoms with van der Waals surface area (Å²) in [4.78, 5) is 35.7. The van der Waals surface area contributed by atoms with E-state index in [4.69, 9.17) is 18.5 Å². The fourth-order valence-corrected chi connectivity index (χ4v) is 7.98. The Kier molecular flexibility index (Phi) is 34.7. The third kappa shape index (κ3) is 29.7. The summed E-state index contributed by atoms with van der Waals surface area (Å²) in [7, 11) is -5.12. The Morgan fingerprint density at radius 1 is 0.525 bits per heavy atom. The van der Waals surface area contributed by atoms with E-state index in [1.165, 1.54) is 83.5 Å². The number of ether oxygens (including phenoxy) is 2. The molecule has 0 amide bonds. The Morgan fingerprint density at radius 3 is 1.43 bits per heavy atom. The van der Waals surface area contributed by atoms with Crippen LogP contribution < -0.4 is 0 Å². The number of carbonyl (C=O) groups excluding carboxylic acids is 2. The molecule has 1 aliphatic carbocycles. The summed E-state index contributed by atoms with van der Waals surface area (Å²) in [6, 6.07) is 0. The largest absolute Gasteiger partial charge is 0.472 e. The molecular formula is C47H83O13P. The molecule has 0 spiro atoms. The monoisotopic (exact) mass is 887 g/mol. The number of allylic oxidation sites excluding steroid dienone is 8. The zero-order chi connectivity index (χ0) is 45.0. The van der Waals surface area contributed by atoms with E-state index in [-0.39, 0.29) is 12.8 Å². The average Bonchev–Trinajstić information content (AvgIpc) is 3.24. The van der Waals surface area contributed by atoms with Gasteiger partial charge in [0.25, 0.3) is 0 Å². The average molecular weight is 887 g/mol. The van der Waals surface area contributed by atoms with Crippen molar-refractivity contribution in [3.8, 4) is 0 Å². The lowest BCUT2D eigenvalue weighted by atomic mass is 9.85. The first kappa shape index (κ1) is 56.8. The first-order chi connectivity index (χ1) is 29.4. The highest BCUT2D eigenvalue weighted by Crippen LogP contribution is 2.47. The Bertz CT molecular complexity index is 1250. The lowest BCUT2D eigenvalue weighted by Gasteiger charge is -2.41. The molecule has 6 N–H and O–H groups in total. The van der Waals surface area contributed by atoms with E-state index in [1.807, 2.05) is 36.5 Å². The molecule has 0 aromatic heterocycles. The van der Waals surface area contributed by atoms with Crippen molar-refractivity contribution in [2.24, 2.45) is 0 Å². The highest BCUT2D eigenvalue weighted by atomic mass is 31.2. The molecule has 0 heterocycles. The minimum absolute atomic E-state index is 0.0706. The summed E-state index contributed by atoms with van der Waals surface area (Å²) in [6.07, 6.45) is 30.2. The number of carbonyl (C=O) groups is 2. The standard InChI is InChI=1S/C47H83O13P/c1-3-5-7-9-11-13-15-17-19-20-22-23-25-27-29-31-33-35-40(48)57-37-39(38-58-61(55,56)60-47-45(53)43(51)42(50)44(52)46(47)54)59-41(49)36-34-32-30-28-26-24-21-18-16-14-12-10-8-6-4-2/h6,8,10,12,14,16,18,21,39,42-47,50-54H,3-5,7,9,11,13,15,17,19-20,22-38H2,1-2H3,(H,55,56)/b8-6+,12-10+,16-14+,21-18+/t39-,42?,43-,44?,45?,46?,47?/m0/s1. The van der Waals surface area contributed by atoms with Crippen LogP contribution in [0, 0.1) is 0 Å². The van der Waals surface area contributed by atoms with E-state index in [2.05, 4.69) is 26.0 Å². The maximum Gasteiger partial charge on any atom is 0.472 e. The summed E-state index contributed by atoms with van der Waals surface area (Å²) < 4.78 is 33.5. The molecule has 0 radical (unpaired) electrons. The van der Waals surface area contributed by atoms with Crippen molar-refractivity contribution < 1.29 is 63.1 Å². The second-order valence-electron chi connectivity index (χ2n) is 16.3. The number of hydrogen-bond donors (Lipinski definition) is 6. The molecule has 61 heavy (non-hydrogen) atoms. The van der Waals surface area contributed by atoms with Gasteiger partial charge in [0.05, 0.1) is 6.61 Å². The minimum atomic E-state index is -5.12. The van der Waals surface area contributed by atoms with Gasteiger partial charge in [-0.3, -0.25) is 18.6 Å².